The van der Waals surface area contributed by atoms with E-state index >= 15 is 0 Å². The molecule has 1 amide bonds. The fraction of sp³-hybridized carbons (Fsp3) is 0.872. The minimum absolute atomic E-state index is 0.0486. The molecule has 0 fully saturated rings. The standard InChI is InChI=1S/C39H77N2O7P/c1-3-5-7-9-11-13-15-17-18-19-20-22-24-26-28-30-36(42)34-39(44)41-37(35-48-49(45,46)47-33-32-40)38(43)31-29-27-25-23-21-16-14-12-10-8-6-4-2/h17-18,29,31,36-38,42-43H,3-16,19-28,30,32-35,40H2,1-2H3,(H,41,44)(H,45,46)/b18-17-,31-29+. The number of nitrogens with two attached hydrogens (primary N) is 1. The Hall–Kier alpha value is -1.06. The van der Waals surface area contributed by atoms with E-state index in [9.17, 15) is 24.5 Å². The second-order valence-corrected chi connectivity index (χ2v) is 15.1. The van der Waals surface area contributed by atoms with Crippen molar-refractivity contribution < 1.29 is 33.5 Å². The van der Waals surface area contributed by atoms with Gasteiger partial charge >= 0.3 is 7.82 Å². The average molecular weight is 717 g/mol. The van der Waals surface area contributed by atoms with E-state index in [0.29, 0.717) is 6.42 Å². The van der Waals surface area contributed by atoms with Crippen molar-refractivity contribution in [2.45, 2.75) is 199 Å². The second-order valence-electron chi connectivity index (χ2n) is 13.7. The van der Waals surface area contributed by atoms with Crippen LogP contribution in [-0.4, -0.2) is 59.0 Å². The van der Waals surface area contributed by atoms with Gasteiger partial charge in [0.2, 0.25) is 5.91 Å². The predicted molar refractivity (Wildman–Crippen MR) is 204 cm³/mol. The van der Waals surface area contributed by atoms with Crippen LogP contribution in [0.3, 0.4) is 0 Å². The highest BCUT2D eigenvalue weighted by Crippen LogP contribution is 2.43. The Morgan fingerprint density at radius 1 is 0.694 bits per heavy atom. The Morgan fingerprint density at radius 2 is 1.14 bits per heavy atom. The van der Waals surface area contributed by atoms with Crippen LogP contribution in [0.4, 0.5) is 0 Å². The molecule has 0 saturated heterocycles. The second kappa shape index (κ2) is 35.3. The van der Waals surface area contributed by atoms with Crippen molar-refractivity contribution in [2.24, 2.45) is 5.73 Å². The van der Waals surface area contributed by atoms with Crippen LogP contribution in [0.1, 0.15) is 181 Å². The van der Waals surface area contributed by atoms with Gasteiger partial charge < -0.3 is 26.2 Å². The van der Waals surface area contributed by atoms with Gasteiger partial charge in [0, 0.05) is 6.54 Å². The monoisotopic (exact) mass is 717 g/mol. The predicted octanol–water partition coefficient (Wildman–Crippen LogP) is 9.58. The topological polar surface area (TPSA) is 151 Å². The van der Waals surface area contributed by atoms with Crippen molar-refractivity contribution in [2.75, 3.05) is 19.8 Å². The summed E-state index contributed by atoms with van der Waals surface area (Å²) in [6, 6.07) is -0.981. The molecule has 0 aliphatic carbocycles. The van der Waals surface area contributed by atoms with Crippen molar-refractivity contribution in [1.82, 2.24) is 5.32 Å². The van der Waals surface area contributed by atoms with Crippen molar-refractivity contribution in [1.29, 1.82) is 0 Å². The molecule has 0 saturated carbocycles. The minimum Gasteiger partial charge on any atom is -0.393 e. The van der Waals surface area contributed by atoms with E-state index in [1.165, 1.54) is 103 Å². The number of phosphoric ester groups is 1. The zero-order valence-corrected chi connectivity index (χ0v) is 32.4. The van der Waals surface area contributed by atoms with Crippen molar-refractivity contribution in [3.8, 4) is 0 Å². The molecule has 0 radical (unpaired) electrons. The number of phosphoric acid groups is 1. The number of amides is 1. The molecule has 9 nitrogen and oxygen atoms in total. The summed E-state index contributed by atoms with van der Waals surface area (Å²) >= 11 is 0. The molecule has 0 aromatic carbocycles. The van der Waals surface area contributed by atoms with Crippen LogP contribution in [0, 0.1) is 0 Å². The number of rotatable bonds is 37. The third-order valence-electron chi connectivity index (χ3n) is 8.83. The van der Waals surface area contributed by atoms with E-state index in [1.807, 2.05) is 6.08 Å². The summed E-state index contributed by atoms with van der Waals surface area (Å²) in [6.45, 7) is 3.94. The van der Waals surface area contributed by atoms with Gasteiger partial charge in [0.1, 0.15) is 0 Å². The maximum absolute atomic E-state index is 12.8. The zero-order valence-electron chi connectivity index (χ0n) is 31.5. The largest absolute Gasteiger partial charge is 0.472 e. The summed E-state index contributed by atoms with van der Waals surface area (Å²) < 4.78 is 22.0. The van der Waals surface area contributed by atoms with Gasteiger partial charge in [0.15, 0.2) is 0 Å². The van der Waals surface area contributed by atoms with Gasteiger partial charge in [-0.15, -0.1) is 0 Å². The molecule has 0 spiro atoms. The summed E-state index contributed by atoms with van der Waals surface area (Å²) in [5.74, 6) is -0.452. The highest BCUT2D eigenvalue weighted by atomic mass is 31.2. The Balaban J connectivity index is 4.39. The van der Waals surface area contributed by atoms with Crippen LogP contribution in [0.15, 0.2) is 24.3 Å². The summed E-state index contributed by atoms with van der Waals surface area (Å²) in [5, 5.41) is 23.9. The number of aliphatic hydroxyl groups excluding tert-OH is 2. The fourth-order valence-electron chi connectivity index (χ4n) is 5.76. The third kappa shape index (κ3) is 33.8. The lowest BCUT2D eigenvalue weighted by Crippen LogP contribution is -2.46. The molecule has 290 valence electrons. The molecule has 49 heavy (non-hydrogen) atoms. The van der Waals surface area contributed by atoms with Gasteiger partial charge in [-0.2, -0.15) is 0 Å². The maximum Gasteiger partial charge on any atom is 0.472 e. The molecular formula is C39H77N2O7P. The van der Waals surface area contributed by atoms with Gasteiger partial charge in [0.05, 0.1) is 37.9 Å². The first-order valence-electron chi connectivity index (χ1n) is 20.0. The Kier molecular flexibility index (Phi) is 34.6. The lowest BCUT2D eigenvalue weighted by molar-refractivity contribution is -0.124. The first kappa shape index (κ1) is 47.9. The Bertz CT molecular complexity index is 842. The number of hydrogen-bond donors (Lipinski definition) is 5. The van der Waals surface area contributed by atoms with Crippen LogP contribution in [0.5, 0.6) is 0 Å². The van der Waals surface area contributed by atoms with Crippen LogP contribution < -0.4 is 11.1 Å². The van der Waals surface area contributed by atoms with Gasteiger partial charge in [-0.1, -0.05) is 154 Å². The normalized spacial score (nSPS) is 15.1. The van der Waals surface area contributed by atoms with Crippen molar-refractivity contribution in [3.05, 3.63) is 24.3 Å². The molecule has 0 bridgehead atoms. The first-order chi connectivity index (χ1) is 23.8. The van der Waals surface area contributed by atoms with E-state index in [1.54, 1.807) is 6.08 Å². The third-order valence-corrected chi connectivity index (χ3v) is 9.81. The summed E-state index contributed by atoms with van der Waals surface area (Å²) in [6.07, 6.45) is 35.4. The van der Waals surface area contributed by atoms with E-state index in [0.717, 1.165) is 51.4 Å². The molecule has 4 atom stereocenters. The van der Waals surface area contributed by atoms with E-state index in [-0.39, 0.29) is 19.6 Å². The minimum atomic E-state index is -4.39. The van der Waals surface area contributed by atoms with E-state index in [4.69, 9.17) is 14.8 Å². The van der Waals surface area contributed by atoms with Crippen molar-refractivity contribution in [3.63, 3.8) is 0 Å². The molecule has 0 aromatic heterocycles. The number of unbranched alkanes of at least 4 members (excludes halogenated alkanes) is 21. The number of nitrogens with one attached hydrogen (secondary N) is 1. The van der Waals surface area contributed by atoms with Crippen LogP contribution in [-0.2, 0) is 18.4 Å². The van der Waals surface area contributed by atoms with Crippen LogP contribution in [0.25, 0.3) is 0 Å². The lowest BCUT2D eigenvalue weighted by Gasteiger charge is -2.24. The SMILES string of the molecule is CCCCCCCC/C=C\CCCCCCCC(O)CC(=O)NC(COP(=O)(O)OCCN)C(O)/C=C/CCCCCCCCCCCC. The molecule has 0 aliphatic rings. The smallest absolute Gasteiger partial charge is 0.393 e. The Labute approximate surface area is 300 Å². The van der Waals surface area contributed by atoms with Gasteiger partial charge in [-0.05, 0) is 44.9 Å². The van der Waals surface area contributed by atoms with Crippen molar-refractivity contribution >= 4 is 13.7 Å². The number of hydrogen-bond acceptors (Lipinski definition) is 7. The van der Waals surface area contributed by atoms with E-state index < -0.39 is 38.6 Å². The van der Waals surface area contributed by atoms with Crippen LogP contribution in [0.2, 0.25) is 0 Å². The molecule has 0 heterocycles. The first-order valence-corrected chi connectivity index (χ1v) is 21.5. The quantitative estimate of drug-likeness (QED) is 0.0242. The number of aliphatic hydroxyl groups is 2. The molecule has 6 N–H and O–H groups in total. The van der Waals surface area contributed by atoms with Gasteiger partial charge in [-0.25, -0.2) is 4.57 Å². The Morgan fingerprint density at radius 3 is 1.63 bits per heavy atom. The summed E-state index contributed by atoms with van der Waals surface area (Å²) in [5.41, 5.74) is 5.35. The zero-order chi connectivity index (χ0) is 36.3. The molecule has 0 rings (SSSR count). The molecule has 10 heteroatoms. The maximum atomic E-state index is 12.8. The summed E-state index contributed by atoms with van der Waals surface area (Å²) in [4.78, 5) is 22.7. The molecular weight excluding hydrogens is 639 g/mol. The fourth-order valence-corrected chi connectivity index (χ4v) is 6.52. The number of allylic oxidation sites excluding steroid dienone is 3. The highest BCUT2D eigenvalue weighted by molar-refractivity contribution is 7.47. The lowest BCUT2D eigenvalue weighted by atomic mass is 10.0. The highest BCUT2D eigenvalue weighted by Gasteiger charge is 2.27. The van der Waals surface area contributed by atoms with E-state index in [2.05, 4.69) is 31.3 Å². The van der Waals surface area contributed by atoms with Gasteiger partial charge in [0.25, 0.3) is 0 Å². The summed E-state index contributed by atoms with van der Waals surface area (Å²) in [7, 11) is -4.39. The molecule has 4 unspecified atom stereocenters. The number of carbonyl (C=O) groups is 1. The molecule has 0 aliphatic heterocycles. The number of carbonyl (C=O) groups excluding carboxylic acids is 1. The molecule has 0 aromatic rings. The van der Waals surface area contributed by atoms with Gasteiger partial charge in [-0.3, -0.25) is 13.8 Å². The average Bonchev–Trinajstić information content (AvgIpc) is 3.07. The van der Waals surface area contributed by atoms with Crippen LogP contribution >= 0.6 is 7.82 Å².